The lowest BCUT2D eigenvalue weighted by atomic mass is 10.0. The summed E-state index contributed by atoms with van der Waals surface area (Å²) in [5, 5.41) is 16.6. The van der Waals surface area contributed by atoms with Gasteiger partial charge >= 0.3 is 17.4 Å². The van der Waals surface area contributed by atoms with E-state index in [1.807, 2.05) is 0 Å². The van der Waals surface area contributed by atoms with Crippen LogP contribution < -0.4 is 11.1 Å². The number of hydrogen-bond donors (Lipinski definition) is 3. The van der Waals surface area contributed by atoms with Crippen molar-refractivity contribution in [2.45, 2.75) is 40.5 Å². The molecular weight excluding hydrogens is 620 g/mol. The Morgan fingerprint density at radius 1 is 1.35 bits per heavy atom. The number of carbonyl (C=O) groups excluding carboxylic acids is 4. The Bertz CT molecular complexity index is 1280. The minimum Gasteiger partial charge on any atom is -0.419 e. The maximum absolute atomic E-state index is 13.6. The molecule has 4 N–H and O–H groups in total. The fourth-order valence-electron chi connectivity index (χ4n) is 3.62. The molecule has 4 rings (SSSR count). The Morgan fingerprint density at radius 2 is 2.12 bits per heavy atom. The SMILES string of the molecule is CC(Sc1nn[nH]n1)C1=C(C(=O)OC(OC(=O)CN)c2cccs2)N2C(=O)C(NC(=O)CSC(F)(F)F)[C@@H]2SC1. The highest BCUT2D eigenvalue weighted by Gasteiger charge is 2.55. The molecule has 4 heterocycles. The molecule has 1 saturated heterocycles. The van der Waals surface area contributed by atoms with Gasteiger partial charge in [-0.2, -0.15) is 18.4 Å². The second kappa shape index (κ2) is 12.8. The van der Waals surface area contributed by atoms with Gasteiger partial charge in [-0.05, 0) is 40.9 Å². The van der Waals surface area contributed by atoms with Crippen molar-refractivity contribution in [3.8, 4) is 0 Å². The maximum atomic E-state index is 13.6. The summed E-state index contributed by atoms with van der Waals surface area (Å²) in [7, 11) is 0. The molecular formula is C20H20F3N7O6S4. The molecule has 0 radical (unpaired) electrons. The van der Waals surface area contributed by atoms with Gasteiger partial charge in [-0.15, -0.1) is 33.3 Å². The summed E-state index contributed by atoms with van der Waals surface area (Å²) in [6, 6.07) is 2.08. The third kappa shape index (κ3) is 7.09. The molecule has 4 atom stereocenters. The zero-order valence-electron chi connectivity index (χ0n) is 20.2. The van der Waals surface area contributed by atoms with Crippen molar-refractivity contribution in [2.24, 2.45) is 5.73 Å². The monoisotopic (exact) mass is 639 g/mol. The van der Waals surface area contributed by atoms with Gasteiger partial charge in [0.2, 0.25) is 11.1 Å². The predicted molar refractivity (Wildman–Crippen MR) is 138 cm³/mol. The number of β-lactam (4-membered cyclic amide) rings is 1. The van der Waals surface area contributed by atoms with E-state index >= 15 is 0 Å². The van der Waals surface area contributed by atoms with Crippen molar-refractivity contribution < 1.29 is 41.8 Å². The molecule has 0 bridgehead atoms. The van der Waals surface area contributed by atoms with E-state index in [0.717, 1.165) is 28.0 Å². The van der Waals surface area contributed by atoms with Gasteiger partial charge in [-0.1, -0.05) is 17.8 Å². The smallest absolute Gasteiger partial charge is 0.419 e. The third-order valence-electron chi connectivity index (χ3n) is 5.37. The molecule has 0 aromatic carbocycles. The summed E-state index contributed by atoms with van der Waals surface area (Å²) in [4.78, 5) is 52.3. The summed E-state index contributed by atoms with van der Waals surface area (Å²) in [5.74, 6) is -4.25. The number of amides is 2. The number of alkyl halides is 3. The lowest BCUT2D eigenvalue weighted by Crippen LogP contribution is -2.71. The van der Waals surface area contributed by atoms with Crippen LogP contribution >= 0.6 is 46.6 Å². The molecule has 0 aliphatic carbocycles. The number of aromatic amines is 1. The minimum atomic E-state index is -4.61. The summed E-state index contributed by atoms with van der Waals surface area (Å²) in [6.45, 7) is 1.27. The van der Waals surface area contributed by atoms with E-state index in [0.29, 0.717) is 10.5 Å². The number of thiophene rings is 1. The Kier molecular flexibility index (Phi) is 9.64. The molecule has 2 aromatic heterocycles. The molecule has 3 unspecified atom stereocenters. The number of fused-ring (bicyclic) bond motifs is 1. The number of thioether (sulfide) groups is 3. The minimum absolute atomic E-state index is 0.141. The molecule has 2 aliphatic rings. The number of aromatic nitrogens is 4. The summed E-state index contributed by atoms with van der Waals surface area (Å²) < 4.78 is 48.2. The molecule has 13 nitrogen and oxygen atoms in total. The number of H-pyrrole nitrogens is 1. The lowest BCUT2D eigenvalue weighted by molar-refractivity contribution is -0.187. The normalized spacial score (nSPS) is 20.3. The summed E-state index contributed by atoms with van der Waals surface area (Å²) >= 11 is 2.98. The standard InChI is InChI=1S/C20H20F3N7O6S4/c1-8(40-19-26-28-29-27-19)9-6-38-16-13(25-11(31)7-39-20(21,22)23)15(33)30(16)14(9)17(34)36-18(35-12(32)5-24)10-3-2-4-37-10/h2-4,8,13,16,18H,5-7,24H2,1H3,(H,25,31)(H,26,27,28,29)/t8?,13?,16-,18?/m0/s1. The first-order valence-electron chi connectivity index (χ1n) is 11.2. The number of nitrogens with zero attached hydrogens (tertiary/aromatic N) is 4. The highest BCUT2D eigenvalue weighted by atomic mass is 32.2. The van der Waals surface area contributed by atoms with E-state index in [1.54, 1.807) is 24.4 Å². The predicted octanol–water partition coefficient (Wildman–Crippen LogP) is 1.39. The zero-order valence-corrected chi connectivity index (χ0v) is 23.5. The van der Waals surface area contributed by atoms with Crippen molar-refractivity contribution in [1.29, 1.82) is 0 Å². The molecule has 0 saturated carbocycles. The van der Waals surface area contributed by atoms with Crippen LogP contribution in [0.5, 0.6) is 0 Å². The van der Waals surface area contributed by atoms with Gasteiger partial charge in [0.15, 0.2) is 0 Å². The number of halogens is 3. The van der Waals surface area contributed by atoms with Gasteiger partial charge in [-0.3, -0.25) is 19.3 Å². The van der Waals surface area contributed by atoms with Crippen LogP contribution in [-0.2, 0) is 28.7 Å². The lowest BCUT2D eigenvalue weighted by Gasteiger charge is -2.50. The molecule has 0 spiro atoms. The average Bonchev–Trinajstić information content (AvgIpc) is 3.63. The maximum Gasteiger partial charge on any atom is 0.442 e. The van der Waals surface area contributed by atoms with Crippen molar-refractivity contribution in [3.05, 3.63) is 33.7 Å². The highest BCUT2D eigenvalue weighted by molar-refractivity contribution is 8.01. The van der Waals surface area contributed by atoms with E-state index in [2.05, 4.69) is 25.9 Å². The number of nitrogens with one attached hydrogen (secondary N) is 2. The van der Waals surface area contributed by atoms with Gasteiger partial charge < -0.3 is 20.5 Å². The zero-order chi connectivity index (χ0) is 29.0. The Balaban J connectivity index is 1.59. The van der Waals surface area contributed by atoms with Crippen LogP contribution in [0.15, 0.2) is 33.9 Å². The highest BCUT2D eigenvalue weighted by Crippen LogP contribution is 2.44. The number of nitrogens with two attached hydrogens (primary N) is 1. The molecule has 2 amide bonds. The van der Waals surface area contributed by atoms with Gasteiger partial charge in [0.1, 0.15) is 17.1 Å². The van der Waals surface area contributed by atoms with Crippen molar-refractivity contribution >= 4 is 70.4 Å². The Labute approximate surface area is 240 Å². The van der Waals surface area contributed by atoms with Gasteiger partial charge in [0.25, 0.3) is 12.2 Å². The van der Waals surface area contributed by atoms with E-state index in [-0.39, 0.29) is 16.6 Å². The first kappa shape index (κ1) is 30.2. The van der Waals surface area contributed by atoms with E-state index < -0.39 is 76.3 Å². The Hall–Kier alpha value is -2.81. The van der Waals surface area contributed by atoms with Crippen LogP contribution in [0.4, 0.5) is 13.2 Å². The number of rotatable bonds is 11. The second-order valence-corrected chi connectivity index (χ2v) is 12.4. The second-order valence-electron chi connectivity index (χ2n) is 7.96. The number of carbonyl (C=O) groups is 4. The molecule has 1 fully saturated rings. The Morgan fingerprint density at radius 3 is 2.75 bits per heavy atom. The first-order valence-corrected chi connectivity index (χ1v) is 15.0. The first-order chi connectivity index (χ1) is 19.0. The quantitative estimate of drug-likeness (QED) is 0.139. The van der Waals surface area contributed by atoms with Crippen molar-refractivity contribution in [3.63, 3.8) is 0 Å². The van der Waals surface area contributed by atoms with Crippen molar-refractivity contribution in [1.82, 2.24) is 30.8 Å². The molecule has 2 aromatic rings. The van der Waals surface area contributed by atoms with Crippen LogP contribution in [-0.4, -0.2) is 89.5 Å². The van der Waals surface area contributed by atoms with Gasteiger partial charge in [-0.25, -0.2) is 4.79 Å². The average molecular weight is 640 g/mol. The van der Waals surface area contributed by atoms with Crippen LogP contribution in [0, 0.1) is 0 Å². The van der Waals surface area contributed by atoms with Crippen LogP contribution in [0.25, 0.3) is 0 Å². The van der Waals surface area contributed by atoms with Crippen LogP contribution in [0.1, 0.15) is 18.1 Å². The summed E-state index contributed by atoms with van der Waals surface area (Å²) in [6.07, 6.45) is -1.45. The topological polar surface area (TPSA) is 182 Å². The number of ether oxygens (including phenoxy) is 2. The van der Waals surface area contributed by atoms with E-state index in [9.17, 15) is 32.3 Å². The largest absolute Gasteiger partial charge is 0.442 e. The fraction of sp³-hybridized carbons (Fsp3) is 0.450. The number of hydrogen-bond acceptors (Lipinski definition) is 14. The van der Waals surface area contributed by atoms with Gasteiger partial charge in [0.05, 0.1) is 17.2 Å². The van der Waals surface area contributed by atoms with E-state index in [1.165, 1.54) is 11.8 Å². The molecule has 2 aliphatic heterocycles. The van der Waals surface area contributed by atoms with Crippen molar-refractivity contribution in [2.75, 3.05) is 18.1 Å². The molecule has 216 valence electrons. The third-order valence-corrected chi connectivity index (χ3v) is 9.32. The van der Waals surface area contributed by atoms with Gasteiger partial charge in [0, 0.05) is 11.0 Å². The van der Waals surface area contributed by atoms with Crippen LogP contribution in [0.2, 0.25) is 0 Å². The summed E-state index contributed by atoms with van der Waals surface area (Å²) in [5.41, 5.74) is 1.05. The molecule has 20 heteroatoms. The van der Waals surface area contributed by atoms with E-state index in [4.69, 9.17) is 15.2 Å². The van der Waals surface area contributed by atoms with Crippen LogP contribution in [0.3, 0.4) is 0 Å². The number of tetrazole rings is 1. The molecule has 40 heavy (non-hydrogen) atoms. The fourth-order valence-corrected chi connectivity index (χ4v) is 7.09. The number of esters is 2.